The first-order chi connectivity index (χ1) is 18.4. The number of rotatable bonds is 5. The fourth-order valence-corrected chi connectivity index (χ4v) is 5.32. The fraction of sp³-hybridized carbons (Fsp3) is 0.467. The van der Waals surface area contributed by atoms with Crippen LogP contribution in [-0.2, 0) is 16.0 Å². The average molecular weight is 537 g/mol. The molecule has 1 atom stereocenters. The van der Waals surface area contributed by atoms with Crippen LogP contribution in [0.4, 0.5) is 10.5 Å². The lowest BCUT2D eigenvalue weighted by Gasteiger charge is -2.31. The summed E-state index contributed by atoms with van der Waals surface area (Å²) in [5, 5.41) is 0.953. The molecular formula is C30H40N4O5. The number of benzene rings is 2. The zero-order chi connectivity index (χ0) is 28.5. The smallest absolute Gasteiger partial charge is 0.419 e. The van der Waals surface area contributed by atoms with Crippen molar-refractivity contribution in [2.75, 3.05) is 46.6 Å². The summed E-state index contributed by atoms with van der Waals surface area (Å²) in [6.07, 6.45) is 2.25. The van der Waals surface area contributed by atoms with E-state index in [0.29, 0.717) is 17.8 Å². The summed E-state index contributed by atoms with van der Waals surface area (Å²) in [6, 6.07) is 9.61. The molecule has 0 bridgehead atoms. The standard InChI is InChI=1S/C30H40N4O5/c1-19-16-26(37-6)23(21-10-13-34(27(19)21)29(36)39-30(2,3)4)18-33-15-14-32(5)12-11-25(33)20-8-9-22(24(31)17-20)28(35)38-7/h8-10,13,16-17,25H,11-12,14-15,18,31H2,1-7H3/t25-/m1/s1. The van der Waals surface area contributed by atoms with E-state index in [2.05, 4.69) is 16.8 Å². The van der Waals surface area contributed by atoms with Crippen molar-refractivity contribution < 1.29 is 23.8 Å². The van der Waals surface area contributed by atoms with E-state index >= 15 is 0 Å². The van der Waals surface area contributed by atoms with Gasteiger partial charge in [0.2, 0.25) is 0 Å². The van der Waals surface area contributed by atoms with Crippen LogP contribution in [0.3, 0.4) is 0 Å². The number of likely N-dealkylation sites (N-methyl/N-ethyl adjacent to an activating group) is 1. The molecule has 9 nitrogen and oxygen atoms in total. The van der Waals surface area contributed by atoms with Crippen molar-refractivity contribution in [2.45, 2.75) is 52.3 Å². The maximum atomic E-state index is 13.0. The van der Waals surface area contributed by atoms with Gasteiger partial charge in [0.15, 0.2) is 0 Å². The molecule has 1 fully saturated rings. The van der Waals surface area contributed by atoms with Gasteiger partial charge in [-0.05, 0) is 83.1 Å². The topological polar surface area (TPSA) is 99.3 Å². The van der Waals surface area contributed by atoms with Crippen LogP contribution >= 0.6 is 0 Å². The summed E-state index contributed by atoms with van der Waals surface area (Å²) >= 11 is 0. The number of aryl methyl sites for hydroxylation is 1. The summed E-state index contributed by atoms with van der Waals surface area (Å²) in [5.74, 6) is 0.330. The molecule has 1 saturated heterocycles. The highest BCUT2D eigenvalue weighted by Crippen LogP contribution is 2.37. The monoisotopic (exact) mass is 536 g/mol. The van der Waals surface area contributed by atoms with Crippen LogP contribution in [-0.4, -0.2) is 72.9 Å². The van der Waals surface area contributed by atoms with Crippen molar-refractivity contribution in [3.63, 3.8) is 0 Å². The Hall–Kier alpha value is -3.56. The van der Waals surface area contributed by atoms with Gasteiger partial charge in [0.05, 0.1) is 25.3 Å². The van der Waals surface area contributed by atoms with E-state index in [0.717, 1.165) is 59.4 Å². The zero-order valence-electron chi connectivity index (χ0n) is 24.0. The van der Waals surface area contributed by atoms with Gasteiger partial charge in [-0.15, -0.1) is 0 Å². The molecule has 0 unspecified atom stereocenters. The Labute approximate surface area is 230 Å². The Morgan fingerprint density at radius 2 is 1.82 bits per heavy atom. The zero-order valence-corrected chi connectivity index (χ0v) is 24.0. The molecule has 39 heavy (non-hydrogen) atoms. The third-order valence-corrected chi connectivity index (χ3v) is 7.26. The summed E-state index contributed by atoms with van der Waals surface area (Å²) in [4.78, 5) is 29.9. The first-order valence-corrected chi connectivity index (χ1v) is 13.2. The molecule has 3 aromatic rings. The molecule has 210 valence electrons. The molecule has 1 aliphatic heterocycles. The molecule has 9 heteroatoms. The third-order valence-electron chi connectivity index (χ3n) is 7.26. The second kappa shape index (κ2) is 11.3. The van der Waals surface area contributed by atoms with Crippen LogP contribution in [0.5, 0.6) is 5.75 Å². The van der Waals surface area contributed by atoms with E-state index in [4.69, 9.17) is 19.9 Å². The van der Waals surface area contributed by atoms with Crippen LogP contribution in [0.15, 0.2) is 36.5 Å². The maximum absolute atomic E-state index is 13.0. The fourth-order valence-electron chi connectivity index (χ4n) is 5.32. The second-order valence-corrected chi connectivity index (χ2v) is 11.2. The van der Waals surface area contributed by atoms with Gasteiger partial charge < -0.3 is 24.8 Å². The molecule has 4 rings (SSSR count). The number of hydrogen-bond acceptors (Lipinski definition) is 8. The number of aromatic nitrogens is 1. The number of anilines is 1. The number of methoxy groups -OCH3 is 2. The summed E-state index contributed by atoms with van der Waals surface area (Å²) < 4.78 is 18.0. The summed E-state index contributed by atoms with van der Waals surface area (Å²) in [6.45, 7) is 10.8. The van der Waals surface area contributed by atoms with E-state index in [-0.39, 0.29) is 6.04 Å². The highest BCUT2D eigenvalue weighted by Gasteiger charge is 2.28. The van der Waals surface area contributed by atoms with Gasteiger partial charge in [-0.25, -0.2) is 9.59 Å². The van der Waals surface area contributed by atoms with Gasteiger partial charge in [-0.2, -0.15) is 0 Å². The number of nitrogen functional groups attached to an aromatic ring is 1. The average Bonchev–Trinajstić information content (AvgIpc) is 3.25. The van der Waals surface area contributed by atoms with Crippen LogP contribution < -0.4 is 10.5 Å². The van der Waals surface area contributed by atoms with Gasteiger partial charge in [0, 0.05) is 48.5 Å². The largest absolute Gasteiger partial charge is 0.496 e. The Balaban J connectivity index is 1.76. The predicted octanol–water partition coefficient (Wildman–Crippen LogP) is 4.99. The molecule has 2 aromatic carbocycles. The van der Waals surface area contributed by atoms with Crippen molar-refractivity contribution in [3.05, 3.63) is 58.8 Å². The van der Waals surface area contributed by atoms with Crippen LogP contribution in [0.2, 0.25) is 0 Å². The van der Waals surface area contributed by atoms with E-state index < -0.39 is 17.7 Å². The molecular weight excluding hydrogens is 496 g/mol. The SMILES string of the molecule is COC(=O)c1ccc([C@H]2CCN(C)CCN2Cc2c(OC)cc(C)c3c2ccn3C(=O)OC(C)(C)C)cc1N. The van der Waals surface area contributed by atoms with Crippen molar-refractivity contribution in [3.8, 4) is 5.75 Å². The highest BCUT2D eigenvalue weighted by molar-refractivity contribution is 5.96. The number of fused-ring (bicyclic) bond motifs is 1. The van der Waals surface area contributed by atoms with Crippen molar-refractivity contribution in [1.29, 1.82) is 0 Å². The van der Waals surface area contributed by atoms with Gasteiger partial charge in [0.1, 0.15) is 11.4 Å². The first-order valence-electron chi connectivity index (χ1n) is 13.2. The predicted molar refractivity (Wildman–Crippen MR) is 152 cm³/mol. The number of carbonyl (C=O) groups excluding carboxylic acids is 2. The molecule has 0 saturated carbocycles. The first kappa shape index (κ1) is 28.4. The quantitative estimate of drug-likeness (QED) is 0.360. The van der Waals surface area contributed by atoms with Gasteiger partial charge >= 0.3 is 12.1 Å². The van der Waals surface area contributed by atoms with Crippen LogP contribution in [0, 0.1) is 6.92 Å². The lowest BCUT2D eigenvalue weighted by Crippen LogP contribution is -2.31. The minimum Gasteiger partial charge on any atom is -0.496 e. The number of esters is 1. The number of hydrogen-bond donors (Lipinski definition) is 1. The molecule has 0 amide bonds. The van der Waals surface area contributed by atoms with Gasteiger partial charge in [-0.1, -0.05) is 6.07 Å². The second-order valence-electron chi connectivity index (χ2n) is 11.2. The molecule has 0 spiro atoms. The maximum Gasteiger partial charge on any atom is 0.419 e. The van der Waals surface area contributed by atoms with Gasteiger partial charge in [0.25, 0.3) is 0 Å². The molecule has 2 N–H and O–H groups in total. The Morgan fingerprint density at radius 3 is 2.46 bits per heavy atom. The lowest BCUT2D eigenvalue weighted by molar-refractivity contribution is 0.0542. The summed E-state index contributed by atoms with van der Waals surface area (Å²) in [5.41, 5.74) is 10.2. The van der Waals surface area contributed by atoms with Crippen molar-refractivity contribution in [1.82, 2.24) is 14.4 Å². The van der Waals surface area contributed by atoms with Crippen LogP contribution in [0.1, 0.15) is 60.3 Å². The number of ether oxygens (including phenoxy) is 3. The summed E-state index contributed by atoms with van der Waals surface area (Å²) in [7, 11) is 5.15. The Bertz CT molecular complexity index is 1370. The third kappa shape index (κ3) is 6.04. The van der Waals surface area contributed by atoms with E-state index in [1.807, 2.05) is 52.0 Å². The Kier molecular flexibility index (Phi) is 8.23. The lowest BCUT2D eigenvalue weighted by atomic mass is 9.97. The molecule has 1 aliphatic rings. The normalized spacial score (nSPS) is 17.2. The number of nitrogens with zero attached hydrogens (tertiary/aromatic N) is 3. The van der Waals surface area contributed by atoms with Crippen LogP contribution in [0.25, 0.3) is 10.9 Å². The molecule has 0 radical (unpaired) electrons. The molecule has 1 aromatic heterocycles. The van der Waals surface area contributed by atoms with E-state index in [9.17, 15) is 9.59 Å². The van der Waals surface area contributed by atoms with E-state index in [1.54, 1.807) is 23.9 Å². The molecule has 2 heterocycles. The van der Waals surface area contributed by atoms with E-state index in [1.165, 1.54) is 7.11 Å². The van der Waals surface area contributed by atoms with Crippen molar-refractivity contribution >= 4 is 28.7 Å². The number of carbonyl (C=O) groups is 2. The molecule has 0 aliphatic carbocycles. The minimum absolute atomic E-state index is 0.0675. The highest BCUT2D eigenvalue weighted by atomic mass is 16.6. The minimum atomic E-state index is -0.604. The van der Waals surface area contributed by atoms with Gasteiger partial charge in [-0.3, -0.25) is 9.47 Å². The number of nitrogens with two attached hydrogens (primary N) is 1. The van der Waals surface area contributed by atoms with Crippen molar-refractivity contribution in [2.24, 2.45) is 0 Å². The Morgan fingerprint density at radius 1 is 1.08 bits per heavy atom.